The number of benzene rings is 1. The van der Waals surface area contributed by atoms with Crippen LogP contribution in [-0.2, 0) is 27.7 Å². The summed E-state index contributed by atoms with van der Waals surface area (Å²) in [5.41, 5.74) is 2.42. The normalized spacial score (nSPS) is 11.4. The fourth-order valence-corrected chi connectivity index (χ4v) is 3.48. The highest BCUT2D eigenvalue weighted by atomic mass is 32.2. The summed E-state index contributed by atoms with van der Waals surface area (Å²) < 4.78 is 34.3. The highest BCUT2D eigenvalue weighted by Crippen LogP contribution is 2.17. The van der Waals surface area contributed by atoms with E-state index in [1.807, 2.05) is 12.1 Å². The Labute approximate surface area is 152 Å². The minimum absolute atomic E-state index is 0.207. The van der Waals surface area contributed by atoms with Crippen LogP contribution in [0.1, 0.15) is 11.1 Å². The van der Waals surface area contributed by atoms with Crippen LogP contribution in [0.4, 0.5) is 5.69 Å². The van der Waals surface area contributed by atoms with Gasteiger partial charge in [-0.2, -0.15) is 5.10 Å². The lowest BCUT2D eigenvalue weighted by Gasteiger charge is -2.07. The first-order valence-electron chi connectivity index (χ1n) is 8.09. The lowest BCUT2D eigenvalue weighted by molar-refractivity contribution is 0.202. The Kier molecular flexibility index (Phi) is 5.65. The Balaban J connectivity index is 1.67. The van der Waals surface area contributed by atoms with E-state index in [1.54, 1.807) is 54.6 Å². The van der Waals surface area contributed by atoms with Crippen LogP contribution in [0.25, 0.3) is 0 Å². The molecule has 0 radical (unpaired) electrons. The predicted molar refractivity (Wildman–Crippen MR) is 98.4 cm³/mol. The molecular formula is C18H20N4O3S. The number of hydrogen-bond donors (Lipinski definition) is 1. The van der Waals surface area contributed by atoms with Crippen LogP contribution in [0.15, 0.2) is 66.1 Å². The molecule has 1 N–H and O–H groups in total. The van der Waals surface area contributed by atoms with E-state index in [4.69, 9.17) is 4.74 Å². The van der Waals surface area contributed by atoms with Gasteiger partial charge in [0.1, 0.15) is 0 Å². The SMILES string of the molecule is COCCc1ccc(S(=O)(=O)Nc2cnn(Cc3cccnc3)c2)cc1. The Hall–Kier alpha value is -2.71. The van der Waals surface area contributed by atoms with Gasteiger partial charge in [-0.3, -0.25) is 14.4 Å². The van der Waals surface area contributed by atoms with E-state index in [0.717, 1.165) is 17.5 Å². The third kappa shape index (κ3) is 4.68. The third-order valence-corrected chi connectivity index (χ3v) is 5.18. The number of methoxy groups -OCH3 is 1. The van der Waals surface area contributed by atoms with Gasteiger partial charge in [-0.05, 0) is 35.7 Å². The summed E-state index contributed by atoms with van der Waals surface area (Å²) in [5, 5.41) is 4.19. The molecule has 136 valence electrons. The van der Waals surface area contributed by atoms with Crippen LogP contribution < -0.4 is 4.72 Å². The second kappa shape index (κ2) is 8.11. The van der Waals surface area contributed by atoms with Gasteiger partial charge in [0.25, 0.3) is 10.0 Å². The van der Waals surface area contributed by atoms with Gasteiger partial charge < -0.3 is 4.74 Å². The number of sulfonamides is 1. The van der Waals surface area contributed by atoms with Gasteiger partial charge in [0, 0.05) is 25.7 Å². The number of rotatable bonds is 8. The zero-order valence-corrected chi connectivity index (χ0v) is 15.2. The minimum atomic E-state index is -3.66. The van der Waals surface area contributed by atoms with Gasteiger partial charge in [0.2, 0.25) is 0 Å². The van der Waals surface area contributed by atoms with E-state index in [1.165, 1.54) is 6.20 Å². The molecule has 8 heteroatoms. The third-order valence-electron chi connectivity index (χ3n) is 3.78. The molecule has 0 atom stereocenters. The van der Waals surface area contributed by atoms with Crippen molar-refractivity contribution in [2.75, 3.05) is 18.4 Å². The first-order valence-corrected chi connectivity index (χ1v) is 9.57. The molecule has 0 bridgehead atoms. The van der Waals surface area contributed by atoms with Gasteiger partial charge >= 0.3 is 0 Å². The maximum absolute atomic E-state index is 12.5. The van der Waals surface area contributed by atoms with E-state index in [9.17, 15) is 8.42 Å². The van der Waals surface area contributed by atoms with Crippen molar-refractivity contribution in [1.29, 1.82) is 0 Å². The molecule has 7 nitrogen and oxygen atoms in total. The molecule has 2 aromatic heterocycles. The van der Waals surface area contributed by atoms with Gasteiger partial charge in [-0.15, -0.1) is 0 Å². The number of hydrogen-bond acceptors (Lipinski definition) is 5. The summed E-state index contributed by atoms with van der Waals surface area (Å²) in [6.45, 7) is 1.12. The number of nitrogens with one attached hydrogen (secondary N) is 1. The van der Waals surface area contributed by atoms with Gasteiger partial charge in [-0.1, -0.05) is 18.2 Å². The fourth-order valence-electron chi connectivity index (χ4n) is 2.45. The van der Waals surface area contributed by atoms with Crippen LogP contribution in [0.3, 0.4) is 0 Å². The zero-order chi connectivity index (χ0) is 18.4. The van der Waals surface area contributed by atoms with E-state index in [0.29, 0.717) is 18.8 Å². The number of anilines is 1. The second-order valence-electron chi connectivity index (χ2n) is 5.78. The molecule has 0 fully saturated rings. The highest BCUT2D eigenvalue weighted by molar-refractivity contribution is 7.92. The Morgan fingerprint density at radius 3 is 2.62 bits per heavy atom. The highest BCUT2D eigenvalue weighted by Gasteiger charge is 2.15. The van der Waals surface area contributed by atoms with Gasteiger partial charge in [0.05, 0.1) is 29.9 Å². The average molecular weight is 372 g/mol. The van der Waals surface area contributed by atoms with Crippen molar-refractivity contribution in [3.63, 3.8) is 0 Å². The van der Waals surface area contributed by atoms with E-state index in [2.05, 4.69) is 14.8 Å². The van der Waals surface area contributed by atoms with Crippen molar-refractivity contribution in [2.24, 2.45) is 0 Å². The molecule has 0 unspecified atom stereocenters. The fraction of sp³-hybridized carbons (Fsp3) is 0.222. The summed E-state index contributed by atoms with van der Waals surface area (Å²) in [7, 11) is -2.02. The van der Waals surface area contributed by atoms with Crippen molar-refractivity contribution in [2.45, 2.75) is 17.9 Å². The van der Waals surface area contributed by atoms with Crippen molar-refractivity contribution in [3.8, 4) is 0 Å². The Bertz CT molecular complexity index is 938. The first kappa shape index (κ1) is 18.1. The molecule has 0 amide bonds. The van der Waals surface area contributed by atoms with Crippen LogP contribution in [0.5, 0.6) is 0 Å². The number of ether oxygens (including phenoxy) is 1. The largest absolute Gasteiger partial charge is 0.384 e. The molecule has 26 heavy (non-hydrogen) atoms. The molecule has 3 aromatic rings. The molecule has 0 spiro atoms. The maximum Gasteiger partial charge on any atom is 0.261 e. The van der Waals surface area contributed by atoms with Crippen LogP contribution >= 0.6 is 0 Å². The average Bonchev–Trinajstić information content (AvgIpc) is 3.07. The van der Waals surface area contributed by atoms with Crippen molar-refractivity contribution < 1.29 is 13.2 Å². The van der Waals surface area contributed by atoms with Gasteiger partial charge in [-0.25, -0.2) is 8.42 Å². The molecule has 0 aliphatic carbocycles. The Morgan fingerprint density at radius 1 is 1.12 bits per heavy atom. The summed E-state index contributed by atoms with van der Waals surface area (Å²) >= 11 is 0. The lowest BCUT2D eigenvalue weighted by atomic mass is 10.2. The lowest BCUT2D eigenvalue weighted by Crippen LogP contribution is -2.12. The quantitative estimate of drug-likeness (QED) is 0.656. The number of aromatic nitrogens is 3. The van der Waals surface area contributed by atoms with E-state index in [-0.39, 0.29) is 4.90 Å². The van der Waals surface area contributed by atoms with Crippen LogP contribution in [-0.4, -0.2) is 36.9 Å². The molecule has 0 saturated carbocycles. The molecule has 0 aliphatic rings. The van der Waals surface area contributed by atoms with Crippen LogP contribution in [0.2, 0.25) is 0 Å². The van der Waals surface area contributed by atoms with Crippen molar-refractivity contribution in [1.82, 2.24) is 14.8 Å². The Morgan fingerprint density at radius 2 is 1.92 bits per heavy atom. The summed E-state index contributed by atoms with van der Waals surface area (Å²) in [4.78, 5) is 4.26. The molecular weight excluding hydrogens is 352 g/mol. The maximum atomic E-state index is 12.5. The summed E-state index contributed by atoms with van der Waals surface area (Å²) in [6.07, 6.45) is 7.33. The van der Waals surface area contributed by atoms with Crippen molar-refractivity contribution in [3.05, 3.63) is 72.3 Å². The molecule has 2 heterocycles. The monoisotopic (exact) mass is 372 g/mol. The zero-order valence-electron chi connectivity index (χ0n) is 14.4. The van der Waals surface area contributed by atoms with Gasteiger partial charge in [0.15, 0.2) is 0 Å². The summed E-state index contributed by atoms with van der Waals surface area (Å²) in [5.74, 6) is 0. The summed E-state index contributed by atoms with van der Waals surface area (Å²) in [6, 6.07) is 10.5. The molecule has 0 aliphatic heterocycles. The second-order valence-corrected chi connectivity index (χ2v) is 7.46. The smallest absolute Gasteiger partial charge is 0.261 e. The first-order chi connectivity index (χ1) is 12.6. The van der Waals surface area contributed by atoms with E-state index >= 15 is 0 Å². The molecule has 0 saturated heterocycles. The molecule has 1 aromatic carbocycles. The van der Waals surface area contributed by atoms with Crippen LogP contribution in [0, 0.1) is 0 Å². The standard InChI is InChI=1S/C18H20N4O3S/c1-25-10-8-15-4-6-18(7-5-15)26(23,24)21-17-12-20-22(14-17)13-16-3-2-9-19-11-16/h2-7,9,11-12,14,21H,8,10,13H2,1H3. The van der Waals surface area contributed by atoms with E-state index < -0.39 is 10.0 Å². The molecule has 3 rings (SSSR count). The number of nitrogens with zero attached hydrogens (tertiary/aromatic N) is 3. The minimum Gasteiger partial charge on any atom is -0.384 e. The topological polar surface area (TPSA) is 86.1 Å². The predicted octanol–water partition coefficient (Wildman–Crippen LogP) is 2.32. The number of pyridine rings is 1. The van der Waals surface area contributed by atoms with Crippen molar-refractivity contribution >= 4 is 15.7 Å².